The molecule has 4 nitrogen and oxygen atoms in total. The molecule has 0 bridgehead atoms. The highest BCUT2D eigenvalue weighted by molar-refractivity contribution is 4.94. The Bertz CT molecular complexity index is 637. The number of aliphatic hydroxyl groups is 2. The van der Waals surface area contributed by atoms with E-state index in [0.717, 1.165) is 25.9 Å². The number of aryl methyl sites for hydroxylation is 1. The summed E-state index contributed by atoms with van der Waals surface area (Å²) in [5.74, 6) is 0. The van der Waals surface area contributed by atoms with Crippen molar-refractivity contribution in [1.82, 2.24) is 5.32 Å². The quantitative estimate of drug-likeness (QED) is 0.0538. The molecule has 0 radical (unpaired) electrons. The molecule has 0 amide bonds. The second-order valence-electron chi connectivity index (χ2n) is 11.6. The van der Waals surface area contributed by atoms with Crippen LogP contribution in [0.3, 0.4) is 0 Å². The van der Waals surface area contributed by atoms with Crippen molar-refractivity contribution >= 4 is 0 Å². The molecule has 0 fully saturated rings. The largest absolute Gasteiger partial charge is 0.395 e. The second-order valence-corrected chi connectivity index (χ2v) is 11.6. The van der Waals surface area contributed by atoms with Gasteiger partial charge in [0.05, 0.1) is 18.8 Å². The van der Waals surface area contributed by atoms with Gasteiger partial charge in [0.25, 0.3) is 0 Å². The third-order valence-electron chi connectivity index (χ3n) is 7.94. The highest BCUT2D eigenvalue weighted by Gasteiger charge is 2.14. The van der Waals surface area contributed by atoms with Gasteiger partial charge in [0, 0.05) is 18.6 Å². The van der Waals surface area contributed by atoms with Gasteiger partial charge < -0.3 is 15.5 Å². The summed E-state index contributed by atoms with van der Waals surface area (Å²) in [7, 11) is 0. The lowest BCUT2D eigenvalue weighted by Crippen LogP contribution is -2.42. The minimum Gasteiger partial charge on any atom is -0.395 e. The van der Waals surface area contributed by atoms with Gasteiger partial charge in [0.15, 0.2) is 12.4 Å². The molecule has 4 heteroatoms. The molecule has 0 saturated heterocycles. The normalized spacial score (nSPS) is 13.3. The van der Waals surface area contributed by atoms with E-state index in [4.69, 9.17) is 0 Å². The Morgan fingerprint density at radius 2 is 1.13 bits per heavy atom. The van der Waals surface area contributed by atoms with Crippen molar-refractivity contribution < 1.29 is 14.8 Å². The zero-order chi connectivity index (χ0) is 28.1. The lowest BCUT2D eigenvalue weighted by Gasteiger charge is -2.19. The maximum atomic E-state index is 10.4. The molecule has 3 N–H and O–H groups in total. The van der Waals surface area contributed by atoms with Crippen LogP contribution in [-0.2, 0) is 6.54 Å². The highest BCUT2D eigenvalue weighted by Crippen LogP contribution is 2.13. The molecular formula is C35H65N2O2+. The number of nitrogens with one attached hydrogen (secondary N) is 1. The van der Waals surface area contributed by atoms with E-state index in [-0.39, 0.29) is 12.6 Å². The number of unbranched alkanes of at least 4 members (excludes halogenated alkanes) is 20. The summed E-state index contributed by atoms with van der Waals surface area (Å²) in [4.78, 5) is 0. The second kappa shape index (κ2) is 28.3. The lowest BCUT2D eigenvalue weighted by atomic mass is 10.0. The van der Waals surface area contributed by atoms with Gasteiger partial charge in [-0.3, -0.25) is 0 Å². The first-order chi connectivity index (χ1) is 19.3. The molecule has 0 aromatic carbocycles. The number of allylic oxidation sites excluding steroid dienone is 1. The monoisotopic (exact) mass is 546 g/mol. The van der Waals surface area contributed by atoms with Crippen LogP contribution >= 0.6 is 0 Å². The van der Waals surface area contributed by atoms with Crippen LogP contribution in [0.25, 0.3) is 0 Å². The standard InChI is InChI=1S/C35H65N2O2/c1-2-3-4-5-6-7-8-9-10-13-16-19-23-28-35(39)34(33-38)36-29-24-20-17-14-11-12-15-18-21-25-30-37-31-26-22-27-32-37/h22-23,26-28,31-32,34-36,38-39H,2-21,24-25,29-30,33H2,1H3/q+1/b28-23+/t34-,35+/m0/s1. The van der Waals surface area contributed by atoms with E-state index in [2.05, 4.69) is 53.5 Å². The van der Waals surface area contributed by atoms with Crippen LogP contribution < -0.4 is 9.88 Å². The average Bonchev–Trinajstić information content (AvgIpc) is 2.96. The van der Waals surface area contributed by atoms with Crippen LogP contribution in [-0.4, -0.2) is 35.5 Å². The highest BCUT2D eigenvalue weighted by atomic mass is 16.3. The molecule has 39 heavy (non-hydrogen) atoms. The van der Waals surface area contributed by atoms with Gasteiger partial charge >= 0.3 is 0 Å². The minimum atomic E-state index is -0.603. The topological polar surface area (TPSA) is 56.4 Å². The molecule has 1 aromatic rings. The van der Waals surface area contributed by atoms with Crippen LogP contribution in [0.1, 0.15) is 148 Å². The van der Waals surface area contributed by atoms with Gasteiger partial charge in [0.1, 0.15) is 6.54 Å². The predicted molar refractivity (Wildman–Crippen MR) is 168 cm³/mol. The van der Waals surface area contributed by atoms with E-state index < -0.39 is 6.10 Å². The Balaban J connectivity index is 1.86. The molecule has 2 atom stereocenters. The van der Waals surface area contributed by atoms with Crippen molar-refractivity contribution in [2.24, 2.45) is 0 Å². The summed E-state index contributed by atoms with van der Waals surface area (Å²) in [5.41, 5.74) is 0. The van der Waals surface area contributed by atoms with Crippen molar-refractivity contribution in [1.29, 1.82) is 0 Å². The molecule has 226 valence electrons. The van der Waals surface area contributed by atoms with Crippen LogP contribution in [0.5, 0.6) is 0 Å². The van der Waals surface area contributed by atoms with Crippen molar-refractivity contribution in [3.63, 3.8) is 0 Å². The number of hydrogen-bond acceptors (Lipinski definition) is 3. The molecule has 0 aliphatic carbocycles. The van der Waals surface area contributed by atoms with Crippen LogP contribution in [0.15, 0.2) is 42.7 Å². The molecule has 0 spiro atoms. The summed E-state index contributed by atoms with van der Waals surface area (Å²) in [5, 5.41) is 23.4. The summed E-state index contributed by atoms with van der Waals surface area (Å²) >= 11 is 0. The van der Waals surface area contributed by atoms with Crippen molar-refractivity contribution in [2.45, 2.75) is 167 Å². The summed E-state index contributed by atoms with van der Waals surface area (Å²) in [6, 6.07) is 6.02. The van der Waals surface area contributed by atoms with Gasteiger partial charge in [-0.15, -0.1) is 0 Å². The van der Waals surface area contributed by atoms with E-state index in [0.29, 0.717) is 0 Å². The lowest BCUT2D eigenvalue weighted by molar-refractivity contribution is -0.697. The zero-order valence-corrected chi connectivity index (χ0v) is 25.7. The molecule has 1 rings (SSSR count). The minimum absolute atomic E-state index is 0.0199. The Kier molecular flexibility index (Phi) is 26.0. The fourth-order valence-electron chi connectivity index (χ4n) is 5.29. The Labute approximate surface area is 242 Å². The van der Waals surface area contributed by atoms with E-state index in [1.807, 2.05) is 6.08 Å². The molecule has 0 saturated carbocycles. The third-order valence-corrected chi connectivity index (χ3v) is 7.94. The maximum Gasteiger partial charge on any atom is 0.168 e. The maximum absolute atomic E-state index is 10.4. The number of aromatic nitrogens is 1. The van der Waals surface area contributed by atoms with Crippen LogP contribution in [0, 0.1) is 0 Å². The summed E-state index contributed by atoms with van der Waals surface area (Å²) < 4.78 is 2.27. The number of hydrogen-bond donors (Lipinski definition) is 3. The Morgan fingerprint density at radius 3 is 1.67 bits per heavy atom. The molecule has 0 aliphatic heterocycles. The first kappa shape index (κ1) is 35.8. The molecule has 0 unspecified atom stereocenters. The fraction of sp³-hybridized carbons (Fsp3) is 0.800. The van der Waals surface area contributed by atoms with E-state index >= 15 is 0 Å². The van der Waals surface area contributed by atoms with Crippen LogP contribution in [0.2, 0.25) is 0 Å². The number of pyridine rings is 1. The summed E-state index contributed by atoms with van der Waals surface area (Å²) in [6.07, 6.45) is 36.7. The third kappa shape index (κ3) is 23.2. The smallest absolute Gasteiger partial charge is 0.168 e. The van der Waals surface area contributed by atoms with E-state index in [1.165, 1.54) is 128 Å². The first-order valence-electron chi connectivity index (χ1n) is 16.9. The van der Waals surface area contributed by atoms with Gasteiger partial charge in [-0.2, -0.15) is 0 Å². The fourth-order valence-corrected chi connectivity index (χ4v) is 5.29. The zero-order valence-electron chi connectivity index (χ0n) is 25.7. The molecule has 1 aromatic heterocycles. The summed E-state index contributed by atoms with van der Waals surface area (Å²) in [6.45, 7) is 4.26. The van der Waals surface area contributed by atoms with Crippen molar-refractivity contribution in [2.75, 3.05) is 13.2 Å². The van der Waals surface area contributed by atoms with Crippen LogP contribution in [0.4, 0.5) is 0 Å². The Morgan fingerprint density at radius 1 is 0.641 bits per heavy atom. The van der Waals surface area contributed by atoms with Gasteiger partial charge in [-0.05, 0) is 32.2 Å². The average molecular weight is 546 g/mol. The van der Waals surface area contributed by atoms with Gasteiger partial charge in [-0.25, -0.2) is 4.57 Å². The Hall–Kier alpha value is -1.23. The van der Waals surface area contributed by atoms with Gasteiger partial charge in [-0.1, -0.05) is 134 Å². The SMILES string of the molecule is CCCCCCCCCCCCC/C=C/[C@@H](O)[C@H](CO)NCCCCCCCCCCCC[n+]1ccccc1. The van der Waals surface area contributed by atoms with E-state index in [1.54, 1.807) is 0 Å². The molecular weight excluding hydrogens is 480 g/mol. The van der Waals surface area contributed by atoms with Gasteiger partial charge in [0.2, 0.25) is 0 Å². The number of nitrogens with zero attached hydrogens (tertiary/aromatic N) is 1. The molecule has 0 aliphatic rings. The number of rotatable bonds is 29. The predicted octanol–water partition coefficient (Wildman–Crippen LogP) is 8.44. The van der Waals surface area contributed by atoms with Crippen molar-refractivity contribution in [3.8, 4) is 0 Å². The first-order valence-corrected chi connectivity index (χ1v) is 16.9. The van der Waals surface area contributed by atoms with E-state index in [9.17, 15) is 10.2 Å². The molecule has 1 heterocycles. The number of aliphatic hydroxyl groups excluding tert-OH is 2. The van der Waals surface area contributed by atoms with Crippen molar-refractivity contribution in [3.05, 3.63) is 42.7 Å².